The van der Waals surface area contributed by atoms with E-state index in [0.717, 1.165) is 28.1 Å². The van der Waals surface area contributed by atoms with E-state index in [9.17, 15) is 5.11 Å². The van der Waals surface area contributed by atoms with E-state index in [2.05, 4.69) is 15.3 Å². The number of hydrogen-bond acceptors (Lipinski definition) is 5. The zero-order chi connectivity index (χ0) is 19.3. The Morgan fingerprint density at radius 3 is 2.50 bits per heavy atom. The second-order valence-corrected chi connectivity index (χ2v) is 6.37. The number of nitrogens with one attached hydrogen (secondary N) is 1. The molecule has 0 unspecified atom stereocenters. The number of hydrogen-bond donors (Lipinski definition) is 2. The van der Waals surface area contributed by atoms with Crippen molar-refractivity contribution >= 4 is 16.6 Å². The third-order valence-electron chi connectivity index (χ3n) is 4.55. The van der Waals surface area contributed by atoms with Crippen molar-refractivity contribution in [1.29, 1.82) is 0 Å². The van der Waals surface area contributed by atoms with Crippen LogP contribution < -0.4 is 10.1 Å². The first-order valence-corrected chi connectivity index (χ1v) is 9.23. The summed E-state index contributed by atoms with van der Waals surface area (Å²) in [6, 6.07) is 20.8. The third kappa shape index (κ3) is 3.60. The van der Waals surface area contributed by atoms with Gasteiger partial charge in [0.05, 0.1) is 18.3 Å². The van der Waals surface area contributed by atoms with Crippen molar-refractivity contribution < 1.29 is 9.84 Å². The molecule has 0 amide bonds. The molecule has 4 aromatic rings. The lowest BCUT2D eigenvalue weighted by Crippen LogP contribution is -2.14. The van der Waals surface area contributed by atoms with Gasteiger partial charge in [0.15, 0.2) is 0 Å². The highest BCUT2D eigenvalue weighted by atomic mass is 16.5. The van der Waals surface area contributed by atoms with Gasteiger partial charge in [-0.25, -0.2) is 0 Å². The van der Waals surface area contributed by atoms with E-state index < -0.39 is 0 Å². The number of fused-ring (bicyclic) bond motifs is 1. The molecule has 4 rings (SSSR count). The molecular formula is C23H21N3O2. The Balaban J connectivity index is 1.75. The van der Waals surface area contributed by atoms with Gasteiger partial charge in [-0.2, -0.15) is 0 Å². The number of phenolic OH excluding ortho intramolecular Hbond substituents is 1. The fourth-order valence-corrected chi connectivity index (χ4v) is 3.22. The first-order valence-electron chi connectivity index (χ1n) is 9.23. The Kier molecular flexibility index (Phi) is 5.06. The van der Waals surface area contributed by atoms with Gasteiger partial charge in [-0.05, 0) is 49.4 Å². The Morgan fingerprint density at radius 1 is 0.929 bits per heavy atom. The largest absolute Gasteiger partial charge is 0.505 e. The van der Waals surface area contributed by atoms with Crippen molar-refractivity contribution in [2.45, 2.75) is 13.0 Å². The van der Waals surface area contributed by atoms with Crippen LogP contribution >= 0.6 is 0 Å². The molecule has 0 aliphatic heterocycles. The fraction of sp³-hybridized carbons (Fsp3) is 0.130. The van der Waals surface area contributed by atoms with Crippen LogP contribution in [0.3, 0.4) is 0 Å². The number of aromatic nitrogens is 2. The van der Waals surface area contributed by atoms with Gasteiger partial charge < -0.3 is 15.2 Å². The molecule has 0 saturated heterocycles. The average molecular weight is 371 g/mol. The fourth-order valence-electron chi connectivity index (χ4n) is 3.22. The van der Waals surface area contributed by atoms with Gasteiger partial charge in [-0.1, -0.05) is 24.3 Å². The molecule has 28 heavy (non-hydrogen) atoms. The van der Waals surface area contributed by atoms with Crippen molar-refractivity contribution in [3.05, 3.63) is 90.4 Å². The van der Waals surface area contributed by atoms with Crippen molar-refractivity contribution in [1.82, 2.24) is 9.97 Å². The number of phenols is 1. The summed E-state index contributed by atoms with van der Waals surface area (Å²) in [4.78, 5) is 8.84. The summed E-state index contributed by atoms with van der Waals surface area (Å²) in [6.07, 6.45) is 3.43. The standard InChI is InChI=1S/C23H21N3O2/c1-2-28-18-11-9-17(10-12-18)26-22(20-7-3-4-14-24-20)19-13-8-16-6-5-15-25-21(16)23(19)27/h3-15,22,26-27H,2H2,1H3/t22-/m1/s1. The van der Waals surface area contributed by atoms with E-state index in [4.69, 9.17) is 4.74 Å². The summed E-state index contributed by atoms with van der Waals surface area (Å²) in [5.74, 6) is 0.979. The molecular weight excluding hydrogens is 350 g/mol. The maximum absolute atomic E-state index is 10.9. The van der Waals surface area contributed by atoms with Crippen molar-refractivity contribution in [3.63, 3.8) is 0 Å². The van der Waals surface area contributed by atoms with E-state index in [1.807, 2.05) is 73.7 Å². The van der Waals surface area contributed by atoms with Gasteiger partial charge in [0.2, 0.25) is 0 Å². The molecule has 2 heterocycles. The zero-order valence-electron chi connectivity index (χ0n) is 15.5. The molecule has 5 heteroatoms. The zero-order valence-corrected chi connectivity index (χ0v) is 15.5. The number of rotatable bonds is 6. The minimum absolute atomic E-state index is 0.159. The molecule has 0 bridgehead atoms. The average Bonchev–Trinajstić information content (AvgIpc) is 2.75. The molecule has 1 atom stereocenters. The smallest absolute Gasteiger partial charge is 0.147 e. The highest BCUT2D eigenvalue weighted by Gasteiger charge is 2.21. The molecule has 0 aliphatic rings. The monoisotopic (exact) mass is 371 g/mol. The summed E-state index contributed by atoms with van der Waals surface area (Å²) in [7, 11) is 0. The quantitative estimate of drug-likeness (QED) is 0.503. The van der Waals surface area contributed by atoms with E-state index >= 15 is 0 Å². The molecule has 2 N–H and O–H groups in total. The van der Waals surface area contributed by atoms with Crippen LogP contribution in [0.4, 0.5) is 5.69 Å². The summed E-state index contributed by atoms with van der Waals surface area (Å²) >= 11 is 0. The van der Waals surface area contributed by atoms with Gasteiger partial charge in [0.25, 0.3) is 0 Å². The van der Waals surface area contributed by atoms with Gasteiger partial charge in [0, 0.05) is 29.0 Å². The highest BCUT2D eigenvalue weighted by Crippen LogP contribution is 2.35. The molecule has 5 nitrogen and oxygen atoms in total. The van der Waals surface area contributed by atoms with Crippen LogP contribution in [0.2, 0.25) is 0 Å². The minimum Gasteiger partial charge on any atom is -0.505 e. The normalized spacial score (nSPS) is 11.9. The summed E-state index contributed by atoms with van der Waals surface area (Å²) in [5.41, 5.74) is 3.01. The summed E-state index contributed by atoms with van der Waals surface area (Å²) < 4.78 is 5.51. The number of nitrogens with zero attached hydrogens (tertiary/aromatic N) is 2. The van der Waals surface area contributed by atoms with Crippen molar-refractivity contribution in [2.24, 2.45) is 0 Å². The Hall–Kier alpha value is -3.60. The Bertz CT molecular complexity index is 1070. The molecule has 0 fully saturated rings. The number of anilines is 1. The Morgan fingerprint density at radius 2 is 1.75 bits per heavy atom. The molecule has 2 aromatic carbocycles. The van der Waals surface area contributed by atoms with Crippen LogP contribution in [-0.2, 0) is 0 Å². The number of benzene rings is 2. The second-order valence-electron chi connectivity index (χ2n) is 6.37. The van der Waals surface area contributed by atoms with Crippen LogP contribution in [0.15, 0.2) is 79.1 Å². The number of pyridine rings is 2. The van der Waals surface area contributed by atoms with E-state index in [-0.39, 0.29) is 11.8 Å². The summed E-state index contributed by atoms with van der Waals surface area (Å²) in [6.45, 7) is 2.58. The molecule has 2 aromatic heterocycles. The molecule has 0 spiro atoms. The molecule has 0 aliphatic carbocycles. The van der Waals surface area contributed by atoms with Gasteiger partial charge in [-0.15, -0.1) is 0 Å². The Labute approximate surface area is 163 Å². The van der Waals surface area contributed by atoms with Crippen LogP contribution in [0.25, 0.3) is 10.9 Å². The predicted molar refractivity (Wildman–Crippen MR) is 111 cm³/mol. The topological polar surface area (TPSA) is 67.3 Å². The first kappa shape index (κ1) is 17.8. The number of aromatic hydroxyl groups is 1. The number of ether oxygens (including phenoxy) is 1. The highest BCUT2D eigenvalue weighted by molar-refractivity contribution is 5.85. The molecule has 0 saturated carbocycles. The molecule has 0 radical (unpaired) electrons. The van der Waals surface area contributed by atoms with Crippen LogP contribution in [0, 0.1) is 0 Å². The van der Waals surface area contributed by atoms with E-state index in [1.165, 1.54) is 0 Å². The van der Waals surface area contributed by atoms with E-state index in [0.29, 0.717) is 12.1 Å². The predicted octanol–water partition coefficient (Wildman–Crippen LogP) is 4.94. The lowest BCUT2D eigenvalue weighted by Gasteiger charge is -2.21. The van der Waals surface area contributed by atoms with Gasteiger partial charge >= 0.3 is 0 Å². The maximum Gasteiger partial charge on any atom is 0.147 e. The van der Waals surface area contributed by atoms with Crippen LogP contribution in [-0.4, -0.2) is 21.7 Å². The van der Waals surface area contributed by atoms with Gasteiger partial charge in [-0.3, -0.25) is 9.97 Å². The lowest BCUT2D eigenvalue weighted by atomic mass is 9.99. The van der Waals surface area contributed by atoms with Crippen molar-refractivity contribution in [2.75, 3.05) is 11.9 Å². The maximum atomic E-state index is 10.9. The lowest BCUT2D eigenvalue weighted by molar-refractivity contribution is 0.340. The second kappa shape index (κ2) is 7.96. The SMILES string of the molecule is CCOc1ccc(N[C@@H](c2ccccn2)c2ccc3cccnc3c2O)cc1. The van der Waals surface area contributed by atoms with E-state index in [1.54, 1.807) is 12.4 Å². The third-order valence-corrected chi connectivity index (χ3v) is 4.55. The van der Waals surface area contributed by atoms with Crippen LogP contribution in [0.5, 0.6) is 11.5 Å². The summed E-state index contributed by atoms with van der Waals surface area (Å²) in [5, 5.41) is 15.3. The first-order chi connectivity index (χ1) is 13.8. The van der Waals surface area contributed by atoms with Crippen LogP contribution in [0.1, 0.15) is 24.2 Å². The molecule has 140 valence electrons. The minimum atomic E-state index is -0.328. The van der Waals surface area contributed by atoms with Gasteiger partial charge in [0.1, 0.15) is 17.0 Å². The van der Waals surface area contributed by atoms with Crippen molar-refractivity contribution in [3.8, 4) is 11.5 Å².